The number of fused-ring (bicyclic) bond motifs is 1. The van der Waals surface area contributed by atoms with Crippen LogP contribution >= 0.6 is 0 Å². The Balaban J connectivity index is 2.18. The van der Waals surface area contributed by atoms with Crippen LogP contribution in [-0.4, -0.2) is 23.7 Å². The van der Waals surface area contributed by atoms with Crippen molar-refractivity contribution in [1.82, 2.24) is 10.3 Å². The van der Waals surface area contributed by atoms with Gasteiger partial charge in [-0.3, -0.25) is 4.98 Å². The van der Waals surface area contributed by atoms with Crippen molar-refractivity contribution in [2.24, 2.45) is 0 Å². The van der Waals surface area contributed by atoms with E-state index in [0.717, 1.165) is 0 Å². The Morgan fingerprint density at radius 2 is 2.05 bits per heavy atom. The first-order valence-corrected chi connectivity index (χ1v) is 5.61. The number of nitrogen functional groups attached to an aromatic ring is 1. The fraction of sp³-hybridized carbons (Fsp3) is 0.167. The quantitative estimate of drug-likeness (QED) is 0.741. The molecular formula is C12H11F3N4O. The summed E-state index contributed by atoms with van der Waals surface area (Å²) in [6.45, 7) is -1.40. The molecule has 8 heteroatoms. The van der Waals surface area contributed by atoms with Crippen molar-refractivity contribution < 1.29 is 18.0 Å². The Morgan fingerprint density at radius 3 is 2.75 bits per heavy atom. The zero-order chi connectivity index (χ0) is 14.8. The van der Waals surface area contributed by atoms with Crippen molar-refractivity contribution >= 4 is 28.3 Å². The Labute approximate surface area is 112 Å². The number of nitrogens with one attached hydrogen (secondary N) is 2. The Morgan fingerprint density at radius 1 is 1.30 bits per heavy atom. The summed E-state index contributed by atoms with van der Waals surface area (Å²) in [6.07, 6.45) is -2.92. The van der Waals surface area contributed by atoms with Gasteiger partial charge in [0.1, 0.15) is 6.54 Å². The van der Waals surface area contributed by atoms with Gasteiger partial charge in [0, 0.05) is 11.6 Å². The number of urea groups is 1. The summed E-state index contributed by atoms with van der Waals surface area (Å²) in [5, 5.41) is 4.61. The lowest BCUT2D eigenvalue weighted by molar-refractivity contribution is -0.122. The Bertz CT molecular complexity index is 642. The van der Waals surface area contributed by atoms with Gasteiger partial charge in [0.2, 0.25) is 0 Å². The number of aromatic nitrogens is 1. The lowest BCUT2D eigenvalue weighted by Gasteiger charge is -2.12. The predicted molar refractivity (Wildman–Crippen MR) is 69.2 cm³/mol. The molecule has 0 fully saturated rings. The smallest absolute Gasteiger partial charge is 0.397 e. The van der Waals surface area contributed by atoms with E-state index < -0.39 is 18.8 Å². The van der Waals surface area contributed by atoms with Crippen molar-refractivity contribution in [1.29, 1.82) is 0 Å². The highest BCUT2D eigenvalue weighted by Gasteiger charge is 2.27. The van der Waals surface area contributed by atoms with Gasteiger partial charge in [-0.15, -0.1) is 0 Å². The minimum Gasteiger partial charge on any atom is -0.397 e. The number of hydrogen-bond acceptors (Lipinski definition) is 3. The molecule has 1 heterocycles. The van der Waals surface area contributed by atoms with Crippen LogP contribution in [0.25, 0.3) is 10.9 Å². The van der Waals surface area contributed by atoms with Crippen LogP contribution in [0, 0.1) is 0 Å². The SMILES string of the molecule is Nc1ccc(NC(=O)NCC(F)(F)F)c2cccnc12. The minimum atomic E-state index is -4.46. The van der Waals surface area contributed by atoms with Crippen LogP contribution < -0.4 is 16.4 Å². The average molecular weight is 284 g/mol. The molecule has 2 aromatic rings. The Kier molecular flexibility index (Phi) is 3.64. The van der Waals surface area contributed by atoms with E-state index >= 15 is 0 Å². The number of halogens is 3. The second-order valence-corrected chi connectivity index (χ2v) is 4.02. The summed E-state index contributed by atoms with van der Waals surface area (Å²) in [4.78, 5) is 15.5. The molecule has 2 rings (SSSR count). The molecule has 0 radical (unpaired) electrons. The number of benzene rings is 1. The molecule has 0 atom stereocenters. The molecule has 1 aromatic carbocycles. The summed E-state index contributed by atoms with van der Waals surface area (Å²) in [6, 6.07) is 5.39. The maximum atomic E-state index is 12.0. The van der Waals surface area contributed by atoms with E-state index in [0.29, 0.717) is 22.3 Å². The van der Waals surface area contributed by atoms with Crippen molar-refractivity contribution in [3.05, 3.63) is 30.5 Å². The molecule has 0 bridgehead atoms. The second-order valence-electron chi connectivity index (χ2n) is 4.02. The summed E-state index contributed by atoms with van der Waals surface area (Å²) >= 11 is 0. The van der Waals surface area contributed by atoms with Crippen LogP contribution in [0.4, 0.5) is 29.3 Å². The number of rotatable bonds is 2. The van der Waals surface area contributed by atoms with Crippen LogP contribution in [0.3, 0.4) is 0 Å². The van der Waals surface area contributed by atoms with Crippen molar-refractivity contribution in [2.75, 3.05) is 17.6 Å². The minimum absolute atomic E-state index is 0.335. The molecule has 4 N–H and O–H groups in total. The number of carbonyl (C=O) groups excluding carboxylic acids is 1. The lowest BCUT2D eigenvalue weighted by atomic mass is 10.1. The van der Waals surface area contributed by atoms with Gasteiger partial charge in [-0.1, -0.05) is 0 Å². The lowest BCUT2D eigenvalue weighted by Crippen LogP contribution is -2.36. The predicted octanol–water partition coefficient (Wildman–Crippen LogP) is 2.50. The maximum absolute atomic E-state index is 12.0. The standard InChI is InChI=1S/C12H11F3N4O/c13-12(14,15)6-18-11(20)19-9-4-3-8(16)10-7(9)2-1-5-17-10/h1-5H,6,16H2,(H2,18,19,20). The summed E-state index contributed by atoms with van der Waals surface area (Å²) < 4.78 is 36.0. The first-order chi connectivity index (χ1) is 9.37. The Hall–Kier alpha value is -2.51. The number of hydrogen-bond donors (Lipinski definition) is 3. The monoisotopic (exact) mass is 284 g/mol. The number of nitrogens with two attached hydrogens (primary N) is 1. The van der Waals surface area contributed by atoms with E-state index in [4.69, 9.17) is 5.73 Å². The third kappa shape index (κ3) is 3.28. The van der Waals surface area contributed by atoms with E-state index in [1.807, 2.05) is 0 Å². The van der Waals surface area contributed by atoms with Crippen molar-refractivity contribution in [2.45, 2.75) is 6.18 Å². The summed E-state index contributed by atoms with van der Waals surface area (Å²) in [5.41, 5.74) is 6.96. The van der Waals surface area contributed by atoms with Gasteiger partial charge in [-0.25, -0.2) is 4.79 Å². The third-order valence-electron chi connectivity index (χ3n) is 2.50. The number of anilines is 2. The zero-order valence-corrected chi connectivity index (χ0v) is 10.2. The van der Waals surface area contributed by atoms with Crippen LogP contribution in [0.1, 0.15) is 0 Å². The third-order valence-corrected chi connectivity index (χ3v) is 2.50. The average Bonchev–Trinajstić information content (AvgIpc) is 2.39. The fourth-order valence-electron chi connectivity index (χ4n) is 1.65. The van der Waals surface area contributed by atoms with Crippen LogP contribution in [0.15, 0.2) is 30.5 Å². The molecular weight excluding hydrogens is 273 g/mol. The van der Waals surface area contributed by atoms with E-state index in [1.54, 1.807) is 17.4 Å². The van der Waals surface area contributed by atoms with Crippen LogP contribution in [-0.2, 0) is 0 Å². The highest BCUT2D eigenvalue weighted by molar-refractivity contribution is 6.03. The van der Waals surface area contributed by atoms with E-state index in [1.165, 1.54) is 18.3 Å². The number of pyridine rings is 1. The van der Waals surface area contributed by atoms with Crippen LogP contribution in [0.5, 0.6) is 0 Å². The van der Waals surface area contributed by atoms with E-state index in [9.17, 15) is 18.0 Å². The second kappa shape index (κ2) is 5.24. The zero-order valence-electron chi connectivity index (χ0n) is 10.2. The van der Waals surface area contributed by atoms with Gasteiger partial charge >= 0.3 is 12.2 Å². The fourth-order valence-corrected chi connectivity index (χ4v) is 1.65. The van der Waals surface area contributed by atoms with Crippen molar-refractivity contribution in [3.63, 3.8) is 0 Å². The number of carbonyl (C=O) groups is 1. The highest BCUT2D eigenvalue weighted by atomic mass is 19.4. The molecule has 5 nitrogen and oxygen atoms in total. The molecule has 0 saturated carbocycles. The van der Waals surface area contributed by atoms with E-state index in [2.05, 4.69) is 10.3 Å². The van der Waals surface area contributed by atoms with Crippen molar-refractivity contribution in [3.8, 4) is 0 Å². The topological polar surface area (TPSA) is 80.0 Å². The van der Waals surface area contributed by atoms with Gasteiger partial charge in [-0.2, -0.15) is 13.2 Å². The van der Waals surface area contributed by atoms with Gasteiger partial charge in [-0.05, 0) is 24.3 Å². The highest BCUT2D eigenvalue weighted by Crippen LogP contribution is 2.26. The first kappa shape index (κ1) is 13.9. The molecule has 20 heavy (non-hydrogen) atoms. The molecule has 0 saturated heterocycles. The van der Waals surface area contributed by atoms with E-state index in [-0.39, 0.29) is 0 Å². The molecule has 0 aliphatic rings. The molecule has 0 spiro atoms. The summed E-state index contributed by atoms with van der Waals surface area (Å²) in [7, 11) is 0. The van der Waals surface area contributed by atoms with Gasteiger partial charge in [0.25, 0.3) is 0 Å². The molecule has 106 valence electrons. The first-order valence-electron chi connectivity index (χ1n) is 5.61. The maximum Gasteiger partial charge on any atom is 0.405 e. The van der Waals surface area contributed by atoms with Gasteiger partial charge in [0.05, 0.1) is 16.9 Å². The molecule has 0 aliphatic heterocycles. The molecule has 1 aromatic heterocycles. The largest absolute Gasteiger partial charge is 0.405 e. The number of amides is 2. The molecule has 0 unspecified atom stereocenters. The number of alkyl halides is 3. The molecule has 0 aliphatic carbocycles. The van der Waals surface area contributed by atoms with Gasteiger partial charge < -0.3 is 16.4 Å². The normalized spacial score (nSPS) is 11.3. The molecule has 2 amide bonds. The number of nitrogens with zero attached hydrogens (tertiary/aromatic N) is 1. The summed E-state index contributed by atoms with van der Waals surface area (Å²) in [5.74, 6) is 0. The van der Waals surface area contributed by atoms with Crippen LogP contribution in [0.2, 0.25) is 0 Å². The van der Waals surface area contributed by atoms with Gasteiger partial charge in [0.15, 0.2) is 0 Å².